The smallest absolute Gasteiger partial charge is 0.274 e. The zero-order chi connectivity index (χ0) is 24.6. The van der Waals surface area contributed by atoms with Crippen molar-refractivity contribution in [3.8, 4) is 0 Å². The molecule has 0 unspecified atom stereocenters. The number of rotatable bonds is 4. The minimum atomic E-state index is -0.136. The van der Waals surface area contributed by atoms with E-state index in [1.807, 2.05) is 52.5 Å². The van der Waals surface area contributed by atoms with E-state index in [9.17, 15) is 9.59 Å². The Bertz CT molecular complexity index is 1430. The maximum Gasteiger partial charge on any atom is 0.274 e. The first-order chi connectivity index (χ1) is 17.6. The SMILES string of the molecule is Cc1ccn2cc(C(=O)N3CCc4c(c(C(=O)N5CCOCC5)nn4Cc4ccccc4)C3)nc2c1. The van der Waals surface area contributed by atoms with E-state index in [-0.39, 0.29) is 11.8 Å². The number of hydrogen-bond acceptors (Lipinski definition) is 5. The number of amides is 2. The lowest BCUT2D eigenvalue weighted by Crippen LogP contribution is -2.42. The number of aromatic nitrogens is 4. The van der Waals surface area contributed by atoms with Crippen LogP contribution in [0.4, 0.5) is 0 Å². The highest BCUT2D eigenvalue weighted by Crippen LogP contribution is 2.26. The molecule has 4 aromatic rings. The average molecular weight is 485 g/mol. The van der Waals surface area contributed by atoms with Crippen LogP contribution in [0.25, 0.3) is 5.65 Å². The molecule has 0 spiro atoms. The fraction of sp³-hybridized carbons (Fsp3) is 0.333. The first-order valence-corrected chi connectivity index (χ1v) is 12.3. The molecule has 1 saturated heterocycles. The molecule has 0 radical (unpaired) electrons. The van der Waals surface area contributed by atoms with Crippen LogP contribution in [-0.2, 0) is 24.2 Å². The molecule has 0 saturated carbocycles. The predicted molar refractivity (Wildman–Crippen MR) is 133 cm³/mol. The monoisotopic (exact) mass is 484 g/mol. The van der Waals surface area contributed by atoms with E-state index in [0.717, 1.165) is 28.0 Å². The summed E-state index contributed by atoms with van der Waals surface area (Å²) in [6.07, 6.45) is 4.31. The lowest BCUT2D eigenvalue weighted by atomic mass is 10.0. The van der Waals surface area contributed by atoms with Gasteiger partial charge in [0.05, 0.1) is 26.3 Å². The molecule has 3 aromatic heterocycles. The summed E-state index contributed by atoms with van der Waals surface area (Å²) in [6, 6.07) is 14.0. The highest BCUT2D eigenvalue weighted by atomic mass is 16.5. The Balaban J connectivity index is 1.32. The van der Waals surface area contributed by atoms with Gasteiger partial charge in [0.2, 0.25) is 0 Å². The van der Waals surface area contributed by atoms with Gasteiger partial charge in [0.1, 0.15) is 11.3 Å². The number of fused-ring (bicyclic) bond motifs is 2. The molecule has 5 heterocycles. The molecule has 36 heavy (non-hydrogen) atoms. The molecule has 1 aromatic carbocycles. The summed E-state index contributed by atoms with van der Waals surface area (Å²) in [5.41, 5.74) is 5.65. The zero-order valence-electron chi connectivity index (χ0n) is 20.3. The van der Waals surface area contributed by atoms with Crippen molar-refractivity contribution in [3.05, 3.63) is 88.6 Å². The highest BCUT2D eigenvalue weighted by molar-refractivity contribution is 5.95. The highest BCUT2D eigenvalue weighted by Gasteiger charge is 2.33. The zero-order valence-corrected chi connectivity index (χ0v) is 20.3. The van der Waals surface area contributed by atoms with Crippen LogP contribution >= 0.6 is 0 Å². The molecule has 6 rings (SSSR count). The molecule has 2 aliphatic heterocycles. The maximum atomic E-state index is 13.5. The van der Waals surface area contributed by atoms with Gasteiger partial charge in [-0.1, -0.05) is 30.3 Å². The number of carbonyl (C=O) groups is 2. The van der Waals surface area contributed by atoms with Crippen molar-refractivity contribution in [2.75, 3.05) is 32.8 Å². The molecule has 184 valence electrons. The summed E-state index contributed by atoms with van der Waals surface area (Å²) in [7, 11) is 0. The number of carbonyl (C=O) groups excluding carboxylic acids is 2. The van der Waals surface area contributed by atoms with Crippen LogP contribution in [0.15, 0.2) is 54.9 Å². The Morgan fingerprint density at radius 3 is 2.61 bits per heavy atom. The minimum absolute atomic E-state index is 0.0983. The van der Waals surface area contributed by atoms with E-state index >= 15 is 0 Å². The van der Waals surface area contributed by atoms with E-state index in [2.05, 4.69) is 17.1 Å². The lowest BCUT2D eigenvalue weighted by Gasteiger charge is -2.29. The van der Waals surface area contributed by atoms with Crippen LogP contribution in [0.5, 0.6) is 0 Å². The van der Waals surface area contributed by atoms with Gasteiger partial charge >= 0.3 is 0 Å². The third-order valence-corrected chi connectivity index (χ3v) is 6.93. The van der Waals surface area contributed by atoms with Gasteiger partial charge in [-0.15, -0.1) is 0 Å². The summed E-state index contributed by atoms with van der Waals surface area (Å²) < 4.78 is 9.23. The van der Waals surface area contributed by atoms with Crippen molar-refractivity contribution in [2.24, 2.45) is 0 Å². The van der Waals surface area contributed by atoms with Crippen LogP contribution in [0.1, 0.15) is 43.4 Å². The summed E-state index contributed by atoms with van der Waals surface area (Å²) in [5, 5.41) is 4.80. The number of ether oxygens (including phenoxy) is 1. The Morgan fingerprint density at radius 2 is 1.81 bits per heavy atom. The molecular formula is C27H28N6O3. The topological polar surface area (TPSA) is 85.0 Å². The van der Waals surface area contributed by atoms with Crippen molar-refractivity contribution in [2.45, 2.75) is 26.4 Å². The second-order valence-electron chi connectivity index (χ2n) is 9.39. The maximum absolute atomic E-state index is 13.5. The van der Waals surface area contributed by atoms with E-state index in [1.165, 1.54) is 0 Å². The van der Waals surface area contributed by atoms with Crippen LogP contribution in [0.3, 0.4) is 0 Å². The van der Waals surface area contributed by atoms with E-state index in [4.69, 9.17) is 9.84 Å². The molecule has 2 amide bonds. The van der Waals surface area contributed by atoms with Crippen molar-refractivity contribution < 1.29 is 14.3 Å². The van der Waals surface area contributed by atoms with Crippen molar-refractivity contribution in [1.82, 2.24) is 29.0 Å². The fourth-order valence-electron chi connectivity index (χ4n) is 4.99. The Labute approximate surface area is 208 Å². The summed E-state index contributed by atoms with van der Waals surface area (Å²) in [6.45, 7) is 5.60. The standard InChI is InChI=1S/C27H28N6O3/c1-19-7-9-31-18-22(28-24(31)15-19)26(34)32-10-8-23-21(17-32)25(27(35)30-11-13-36-14-12-30)29-33(23)16-20-5-3-2-4-6-20/h2-7,9,15,18H,8,10-14,16-17H2,1H3. The number of aryl methyl sites for hydroxylation is 1. The lowest BCUT2D eigenvalue weighted by molar-refractivity contribution is 0.0296. The third kappa shape index (κ3) is 4.15. The van der Waals surface area contributed by atoms with Crippen molar-refractivity contribution in [3.63, 3.8) is 0 Å². The largest absolute Gasteiger partial charge is 0.378 e. The Morgan fingerprint density at radius 1 is 1.00 bits per heavy atom. The van der Waals surface area contributed by atoms with Crippen molar-refractivity contribution >= 4 is 17.5 Å². The molecule has 2 aliphatic rings. The van der Waals surface area contributed by atoms with Crippen LogP contribution < -0.4 is 0 Å². The normalized spacial score (nSPS) is 15.8. The van der Waals surface area contributed by atoms with Gasteiger partial charge in [-0.2, -0.15) is 5.10 Å². The minimum Gasteiger partial charge on any atom is -0.378 e. The van der Waals surface area contributed by atoms with Crippen LogP contribution in [0, 0.1) is 6.92 Å². The number of imidazole rings is 1. The molecule has 9 nitrogen and oxygen atoms in total. The van der Waals surface area contributed by atoms with Gasteiger partial charge in [0.25, 0.3) is 11.8 Å². The van der Waals surface area contributed by atoms with Gasteiger partial charge in [-0.05, 0) is 30.2 Å². The van der Waals surface area contributed by atoms with E-state index in [0.29, 0.717) is 63.7 Å². The van der Waals surface area contributed by atoms with E-state index in [1.54, 1.807) is 16.0 Å². The summed E-state index contributed by atoms with van der Waals surface area (Å²) in [5.74, 6) is -0.235. The molecular weight excluding hydrogens is 456 g/mol. The quantitative estimate of drug-likeness (QED) is 0.445. The van der Waals surface area contributed by atoms with Gasteiger partial charge in [0, 0.05) is 49.7 Å². The molecule has 0 aliphatic carbocycles. The summed E-state index contributed by atoms with van der Waals surface area (Å²) in [4.78, 5) is 35.1. The molecule has 1 fully saturated rings. The number of pyridine rings is 1. The van der Waals surface area contributed by atoms with Crippen LogP contribution in [0.2, 0.25) is 0 Å². The van der Waals surface area contributed by atoms with Gasteiger partial charge < -0.3 is 18.9 Å². The van der Waals surface area contributed by atoms with Crippen molar-refractivity contribution in [1.29, 1.82) is 0 Å². The van der Waals surface area contributed by atoms with Crippen LogP contribution in [-0.4, -0.2) is 73.6 Å². The molecule has 0 atom stereocenters. The molecule has 0 bridgehead atoms. The van der Waals surface area contributed by atoms with E-state index < -0.39 is 0 Å². The van der Waals surface area contributed by atoms with Gasteiger partial charge in [0.15, 0.2) is 5.69 Å². The van der Waals surface area contributed by atoms with Gasteiger partial charge in [-0.3, -0.25) is 14.3 Å². The number of nitrogens with zero attached hydrogens (tertiary/aromatic N) is 6. The number of hydrogen-bond donors (Lipinski definition) is 0. The Kier molecular flexibility index (Phi) is 5.77. The second kappa shape index (κ2) is 9.23. The fourth-order valence-corrected chi connectivity index (χ4v) is 4.99. The first kappa shape index (κ1) is 22.5. The van der Waals surface area contributed by atoms with Gasteiger partial charge in [-0.25, -0.2) is 4.98 Å². The first-order valence-electron chi connectivity index (χ1n) is 12.3. The predicted octanol–water partition coefficient (Wildman–Crippen LogP) is 2.56. The molecule has 9 heteroatoms. The summed E-state index contributed by atoms with van der Waals surface area (Å²) >= 11 is 0. The third-order valence-electron chi connectivity index (χ3n) is 6.93. The number of morpholine rings is 1. The second-order valence-corrected chi connectivity index (χ2v) is 9.39. The molecule has 0 N–H and O–H groups in total. The number of benzene rings is 1. The Hall–Kier alpha value is -3.98. The average Bonchev–Trinajstić information content (AvgIpc) is 3.50.